The third kappa shape index (κ3) is 2.16. The first-order chi connectivity index (χ1) is 6.74. The normalized spacial score (nSPS) is 18.8. The largest absolute Gasteiger partial charge is 0.367 e. The van der Waals surface area contributed by atoms with Crippen molar-refractivity contribution in [3.63, 3.8) is 0 Å². The van der Waals surface area contributed by atoms with E-state index in [2.05, 4.69) is 29.2 Å². The van der Waals surface area contributed by atoms with Crippen LogP contribution in [0.25, 0.3) is 0 Å². The highest BCUT2D eigenvalue weighted by molar-refractivity contribution is 5.08. The van der Waals surface area contributed by atoms with E-state index >= 15 is 0 Å². The predicted molar refractivity (Wildman–Crippen MR) is 57.8 cm³/mol. The van der Waals surface area contributed by atoms with E-state index < -0.39 is 0 Å². The molecule has 3 nitrogen and oxygen atoms in total. The second-order valence-corrected chi connectivity index (χ2v) is 4.60. The van der Waals surface area contributed by atoms with E-state index in [9.17, 15) is 0 Å². The van der Waals surface area contributed by atoms with Crippen molar-refractivity contribution in [3.05, 3.63) is 24.0 Å². The molecule has 0 aliphatic heterocycles. The minimum atomic E-state index is 0.449. The van der Waals surface area contributed by atoms with Gasteiger partial charge in [-0.3, -0.25) is 0 Å². The summed E-state index contributed by atoms with van der Waals surface area (Å²) in [5, 5.41) is 0. The Balaban J connectivity index is 1.82. The van der Waals surface area contributed by atoms with Gasteiger partial charge in [-0.2, -0.15) is 0 Å². The quantitative estimate of drug-likeness (QED) is 0.737. The summed E-state index contributed by atoms with van der Waals surface area (Å²) in [6.45, 7) is 2.99. The van der Waals surface area contributed by atoms with Crippen molar-refractivity contribution in [2.75, 3.05) is 20.1 Å². The minimum absolute atomic E-state index is 0.449. The summed E-state index contributed by atoms with van der Waals surface area (Å²) < 4.78 is 0. The second kappa shape index (κ2) is 3.75. The fraction of sp³-hybridized carbons (Fsp3) is 0.636. The maximum absolute atomic E-state index is 5.76. The lowest BCUT2D eigenvalue weighted by Crippen LogP contribution is -2.31. The van der Waals surface area contributed by atoms with Crippen LogP contribution in [0, 0.1) is 5.41 Å². The third-order valence-corrected chi connectivity index (χ3v) is 3.11. The lowest BCUT2D eigenvalue weighted by atomic mass is 10.1. The molecule has 0 unspecified atom stereocenters. The number of H-pyrrole nitrogens is 1. The molecule has 1 aliphatic rings. The average Bonchev–Trinajstić information content (AvgIpc) is 2.74. The van der Waals surface area contributed by atoms with Crippen LogP contribution in [-0.2, 0) is 6.54 Å². The second-order valence-electron chi connectivity index (χ2n) is 4.60. The van der Waals surface area contributed by atoms with Crippen molar-refractivity contribution in [3.8, 4) is 0 Å². The molecule has 1 aromatic rings. The predicted octanol–water partition coefficient (Wildman–Crippen LogP) is 1.19. The molecular weight excluding hydrogens is 174 g/mol. The summed E-state index contributed by atoms with van der Waals surface area (Å²) in [6, 6.07) is 2.12. The van der Waals surface area contributed by atoms with Gasteiger partial charge < -0.3 is 15.6 Å². The molecule has 0 radical (unpaired) electrons. The molecule has 0 atom stereocenters. The Labute approximate surface area is 85.3 Å². The number of nitrogens with zero attached hydrogens (tertiary/aromatic N) is 1. The van der Waals surface area contributed by atoms with Crippen LogP contribution in [0.2, 0.25) is 0 Å². The van der Waals surface area contributed by atoms with Gasteiger partial charge in [0, 0.05) is 25.5 Å². The Kier molecular flexibility index (Phi) is 2.61. The molecule has 0 aromatic carbocycles. The molecule has 1 heterocycles. The zero-order valence-corrected chi connectivity index (χ0v) is 8.79. The van der Waals surface area contributed by atoms with Gasteiger partial charge in [-0.05, 0) is 43.5 Å². The van der Waals surface area contributed by atoms with Gasteiger partial charge in [0.05, 0.1) is 0 Å². The van der Waals surface area contributed by atoms with E-state index in [-0.39, 0.29) is 0 Å². The van der Waals surface area contributed by atoms with Crippen LogP contribution in [0.5, 0.6) is 0 Å². The number of hydrogen-bond acceptors (Lipinski definition) is 2. The smallest absolute Gasteiger partial charge is 0.0245 e. The molecule has 14 heavy (non-hydrogen) atoms. The summed E-state index contributed by atoms with van der Waals surface area (Å²) >= 11 is 0. The van der Waals surface area contributed by atoms with E-state index in [4.69, 9.17) is 5.73 Å². The summed E-state index contributed by atoms with van der Waals surface area (Å²) in [4.78, 5) is 5.44. The Morgan fingerprint density at radius 2 is 2.36 bits per heavy atom. The third-order valence-electron chi connectivity index (χ3n) is 3.11. The molecule has 1 saturated carbocycles. The van der Waals surface area contributed by atoms with Gasteiger partial charge in [-0.15, -0.1) is 0 Å². The average molecular weight is 193 g/mol. The molecule has 78 valence electrons. The van der Waals surface area contributed by atoms with Crippen molar-refractivity contribution >= 4 is 0 Å². The first-order valence-electron chi connectivity index (χ1n) is 5.24. The van der Waals surface area contributed by atoms with E-state index in [0.29, 0.717) is 5.41 Å². The Morgan fingerprint density at radius 3 is 2.86 bits per heavy atom. The van der Waals surface area contributed by atoms with Gasteiger partial charge in [0.25, 0.3) is 0 Å². The maximum atomic E-state index is 5.76. The van der Waals surface area contributed by atoms with E-state index in [1.165, 1.54) is 18.4 Å². The zero-order chi connectivity index (χ0) is 10.0. The van der Waals surface area contributed by atoms with Gasteiger partial charge in [0.1, 0.15) is 0 Å². The SMILES string of the molecule is CN(Cc1cc[nH]c1)CC1(CN)CC1. The van der Waals surface area contributed by atoms with Gasteiger partial charge in [-0.25, -0.2) is 0 Å². The molecule has 0 amide bonds. The number of nitrogens with one attached hydrogen (secondary N) is 1. The van der Waals surface area contributed by atoms with Gasteiger partial charge in [0.2, 0.25) is 0 Å². The topological polar surface area (TPSA) is 45.0 Å². The number of aromatic nitrogens is 1. The molecule has 1 aliphatic carbocycles. The van der Waals surface area contributed by atoms with Gasteiger partial charge in [-0.1, -0.05) is 0 Å². The zero-order valence-electron chi connectivity index (χ0n) is 8.79. The Morgan fingerprint density at radius 1 is 1.57 bits per heavy atom. The van der Waals surface area contributed by atoms with Gasteiger partial charge >= 0.3 is 0 Å². The van der Waals surface area contributed by atoms with Crippen LogP contribution >= 0.6 is 0 Å². The monoisotopic (exact) mass is 193 g/mol. The minimum Gasteiger partial charge on any atom is -0.367 e. The van der Waals surface area contributed by atoms with Crippen molar-refractivity contribution in [2.45, 2.75) is 19.4 Å². The highest BCUT2D eigenvalue weighted by atomic mass is 15.1. The number of rotatable bonds is 5. The maximum Gasteiger partial charge on any atom is 0.0245 e. The molecule has 3 N–H and O–H groups in total. The van der Waals surface area contributed by atoms with Crippen molar-refractivity contribution in [1.82, 2.24) is 9.88 Å². The highest BCUT2D eigenvalue weighted by Gasteiger charge is 2.41. The van der Waals surface area contributed by atoms with Crippen LogP contribution in [0.1, 0.15) is 18.4 Å². The standard InChI is InChI=1S/C11H19N3/c1-14(7-10-2-5-13-6-10)9-11(8-12)3-4-11/h2,5-6,13H,3-4,7-9,12H2,1H3. The lowest BCUT2D eigenvalue weighted by molar-refractivity contribution is 0.259. The summed E-state index contributed by atoms with van der Waals surface area (Å²) in [5.74, 6) is 0. The van der Waals surface area contributed by atoms with E-state index in [0.717, 1.165) is 19.6 Å². The highest BCUT2D eigenvalue weighted by Crippen LogP contribution is 2.44. The summed E-state index contributed by atoms with van der Waals surface area (Å²) in [6.07, 6.45) is 6.64. The van der Waals surface area contributed by atoms with Crippen LogP contribution in [0.3, 0.4) is 0 Å². The first-order valence-corrected chi connectivity index (χ1v) is 5.24. The molecule has 3 heteroatoms. The molecule has 1 aromatic heterocycles. The fourth-order valence-electron chi connectivity index (χ4n) is 2.00. The fourth-order valence-corrected chi connectivity index (χ4v) is 2.00. The molecule has 1 fully saturated rings. The summed E-state index contributed by atoms with van der Waals surface area (Å²) in [7, 11) is 2.17. The van der Waals surface area contributed by atoms with Crippen LogP contribution < -0.4 is 5.73 Å². The molecule has 2 rings (SSSR count). The van der Waals surface area contributed by atoms with Crippen molar-refractivity contribution in [1.29, 1.82) is 0 Å². The van der Waals surface area contributed by atoms with Crippen LogP contribution in [0.15, 0.2) is 18.5 Å². The van der Waals surface area contributed by atoms with E-state index in [1.54, 1.807) is 0 Å². The number of hydrogen-bond donors (Lipinski definition) is 2. The Hall–Kier alpha value is -0.800. The molecule has 0 bridgehead atoms. The Bertz CT molecular complexity index is 275. The first kappa shape index (κ1) is 9.74. The van der Waals surface area contributed by atoms with Gasteiger partial charge in [0.15, 0.2) is 0 Å². The van der Waals surface area contributed by atoms with Crippen LogP contribution in [-0.4, -0.2) is 30.0 Å². The van der Waals surface area contributed by atoms with Crippen LogP contribution in [0.4, 0.5) is 0 Å². The lowest BCUT2D eigenvalue weighted by Gasteiger charge is -2.21. The molecule has 0 spiro atoms. The van der Waals surface area contributed by atoms with Crippen molar-refractivity contribution in [2.24, 2.45) is 11.1 Å². The molecule has 0 saturated heterocycles. The number of aromatic amines is 1. The van der Waals surface area contributed by atoms with Crippen molar-refractivity contribution < 1.29 is 0 Å². The summed E-state index contributed by atoms with van der Waals surface area (Å²) in [5.41, 5.74) is 7.55. The molecular formula is C11H19N3. The van der Waals surface area contributed by atoms with E-state index in [1.807, 2.05) is 6.20 Å². The number of nitrogens with two attached hydrogens (primary N) is 1.